The Morgan fingerprint density at radius 2 is 1.37 bits per heavy atom. The predicted octanol–water partition coefficient (Wildman–Crippen LogP) is 7.87. The lowest BCUT2D eigenvalue weighted by atomic mass is 10.0. The Morgan fingerprint density at radius 3 is 1.89 bits per heavy atom. The summed E-state index contributed by atoms with van der Waals surface area (Å²) >= 11 is 10.2. The van der Waals surface area contributed by atoms with Gasteiger partial charge in [-0.15, -0.1) is 0 Å². The van der Waals surface area contributed by atoms with Gasteiger partial charge in [-0.05, 0) is 117 Å². The van der Waals surface area contributed by atoms with Crippen LogP contribution in [0.15, 0.2) is 38.2 Å². The first-order chi connectivity index (χ1) is 12.7. The maximum atomic E-state index is 8.87. The van der Waals surface area contributed by atoms with E-state index in [2.05, 4.69) is 79.8 Å². The maximum Gasteiger partial charge on any atom is 0.0998 e. The SMILES string of the molecule is Cc1cc(Br)c(C=C(Br)Br)cc1C.Cc1cc(C#N)c(C=CC#N)cc1C. The number of nitriles is 2. The van der Waals surface area contributed by atoms with Crippen LogP contribution in [0.4, 0.5) is 0 Å². The zero-order valence-electron chi connectivity index (χ0n) is 15.6. The van der Waals surface area contributed by atoms with E-state index in [1.165, 1.54) is 22.8 Å². The van der Waals surface area contributed by atoms with Gasteiger partial charge < -0.3 is 0 Å². The highest BCUT2D eigenvalue weighted by Crippen LogP contribution is 2.26. The van der Waals surface area contributed by atoms with Crippen LogP contribution in [0.2, 0.25) is 0 Å². The van der Waals surface area contributed by atoms with E-state index in [1.54, 1.807) is 6.08 Å². The minimum Gasteiger partial charge on any atom is -0.193 e. The molecule has 0 amide bonds. The third-order valence-electron chi connectivity index (χ3n) is 4.00. The number of rotatable bonds is 2. The molecule has 0 N–H and O–H groups in total. The van der Waals surface area contributed by atoms with Crippen LogP contribution < -0.4 is 0 Å². The van der Waals surface area contributed by atoms with Gasteiger partial charge in [0.25, 0.3) is 0 Å². The molecular weight excluding hydrogens is 532 g/mol. The molecule has 27 heavy (non-hydrogen) atoms. The molecule has 0 radical (unpaired) electrons. The van der Waals surface area contributed by atoms with Crippen molar-refractivity contribution in [2.45, 2.75) is 27.7 Å². The van der Waals surface area contributed by atoms with Gasteiger partial charge in [0.2, 0.25) is 0 Å². The van der Waals surface area contributed by atoms with Crippen LogP contribution in [0.5, 0.6) is 0 Å². The fourth-order valence-corrected chi connectivity index (χ4v) is 3.30. The number of hydrogen-bond donors (Lipinski definition) is 0. The summed E-state index contributed by atoms with van der Waals surface area (Å²) < 4.78 is 2.07. The lowest BCUT2D eigenvalue weighted by Gasteiger charge is -2.04. The van der Waals surface area contributed by atoms with Crippen molar-refractivity contribution in [3.63, 3.8) is 0 Å². The first kappa shape index (κ1) is 23.4. The quantitative estimate of drug-likeness (QED) is 0.357. The summed E-state index contributed by atoms with van der Waals surface area (Å²) in [4.78, 5) is 0. The summed E-state index contributed by atoms with van der Waals surface area (Å²) in [5.41, 5.74) is 7.41. The average molecular weight is 551 g/mol. The van der Waals surface area contributed by atoms with E-state index in [0.29, 0.717) is 5.56 Å². The molecule has 0 unspecified atom stereocenters. The van der Waals surface area contributed by atoms with E-state index in [4.69, 9.17) is 10.5 Å². The number of allylic oxidation sites excluding steroid dienone is 1. The van der Waals surface area contributed by atoms with Crippen molar-refractivity contribution in [3.8, 4) is 12.1 Å². The van der Waals surface area contributed by atoms with Crippen LogP contribution >= 0.6 is 47.8 Å². The van der Waals surface area contributed by atoms with Crippen LogP contribution in [0.25, 0.3) is 12.2 Å². The number of hydrogen-bond acceptors (Lipinski definition) is 2. The summed E-state index contributed by atoms with van der Waals surface area (Å²) in [6.45, 7) is 8.17. The molecule has 0 aliphatic rings. The Bertz CT molecular complexity index is 971. The fourth-order valence-electron chi connectivity index (χ4n) is 2.23. The summed E-state index contributed by atoms with van der Waals surface area (Å²) in [6, 6.07) is 12.1. The standard InChI is InChI=1S/C12H10N2.C10H9Br3/c1-9-6-11(4-3-5-13)12(8-14)7-10(9)2;1-6-3-8(5-10(12)13)9(11)4-7(6)2/h3-4,6-7H,1-2H3;3-5H,1-2H3. The van der Waals surface area contributed by atoms with E-state index in [1.807, 2.05) is 38.1 Å². The fraction of sp³-hybridized carbons (Fsp3) is 0.182. The first-order valence-electron chi connectivity index (χ1n) is 8.06. The molecule has 0 aliphatic heterocycles. The Kier molecular flexibility index (Phi) is 9.74. The largest absolute Gasteiger partial charge is 0.193 e. The Morgan fingerprint density at radius 1 is 0.852 bits per heavy atom. The van der Waals surface area contributed by atoms with Gasteiger partial charge >= 0.3 is 0 Å². The number of nitrogens with zero attached hydrogens (tertiary/aromatic N) is 2. The maximum absolute atomic E-state index is 8.87. The summed E-state index contributed by atoms with van der Waals surface area (Å²) in [5, 5.41) is 17.3. The van der Waals surface area contributed by atoms with Crippen LogP contribution in [0.3, 0.4) is 0 Å². The number of aryl methyl sites for hydroxylation is 4. The highest BCUT2D eigenvalue weighted by Gasteiger charge is 2.02. The molecule has 0 heterocycles. The Labute approximate surface area is 186 Å². The Hall–Kier alpha value is -1.66. The third-order valence-corrected chi connectivity index (χ3v) is 5.15. The molecule has 0 saturated carbocycles. The number of halogens is 3. The average Bonchev–Trinajstić information content (AvgIpc) is 2.60. The topological polar surface area (TPSA) is 47.6 Å². The van der Waals surface area contributed by atoms with Gasteiger partial charge in [-0.25, -0.2) is 0 Å². The molecule has 138 valence electrons. The van der Waals surface area contributed by atoms with E-state index in [-0.39, 0.29) is 0 Å². The second-order valence-electron chi connectivity index (χ2n) is 5.99. The zero-order chi connectivity index (χ0) is 20.6. The van der Waals surface area contributed by atoms with Crippen molar-refractivity contribution in [2.75, 3.05) is 0 Å². The predicted molar refractivity (Wildman–Crippen MR) is 125 cm³/mol. The van der Waals surface area contributed by atoms with Gasteiger partial charge in [0.05, 0.1) is 21.1 Å². The van der Waals surface area contributed by atoms with Gasteiger partial charge in [-0.3, -0.25) is 0 Å². The monoisotopic (exact) mass is 548 g/mol. The molecule has 2 aromatic carbocycles. The lowest BCUT2D eigenvalue weighted by molar-refractivity contribution is 1.31. The molecule has 2 nitrogen and oxygen atoms in total. The van der Waals surface area contributed by atoms with Gasteiger partial charge in [0, 0.05) is 10.5 Å². The molecular formula is C22H19Br3N2. The minimum absolute atomic E-state index is 0.611. The van der Waals surface area contributed by atoms with E-state index in [9.17, 15) is 0 Å². The molecule has 0 aromatic heterocycles. The smallest absolute Gasteiger partial charge is 0.0998 e. The van der Waals surface area contributed by atoms with Crippen molar-refractivity contribution in [1.29, 1.82) is 10.5 Å². The van der Waals surface area contributed by atoms with Gasteiger partial charge in [0.15, 0.2) is 0 Å². The summed E-state index contributed by atoms with van der Waals surface area (Å²) in [6.07, 6.45) is 5.06. The molecule has 0 bridgehead atoms. The summed E-state index contributed by atoms with van der Waals surface area (Å²) in [5.74, 6) is 0. The van der Waals surface area contributed by atoms with Crippen molar-refractivity contribution in [2.24, 2.45) is 0 Å². The van der Waals surface area contributed by atoms with E-state index >= 15 is 0 Å². The van der Waals surface area contributed by atoms with Gasteiger partial charge in [0.1, 0.15) is 0 Å². The highest BCUT2D eigenvalue weighted by atomic mass is 79.9. The van der Waals surface area contributed by atoms with E-state index in [0.717, 1.165) is 24.6 Å². The summed E-state index contributed by atoms with van der Waals surface area (Å²) in [7, 11) is 0. The van der Waals surface area contributed by atoms with Crippen LogP contribution in [0.1, 0.15) is 38.9 Å². The molecule has 2 rings (SSSR count). The van der Waals surface area contributed by atoms with Crippen molar-refractivity contribution < 1.29 is 0 Å². The minimum atomic E-state index is 0.611. The molecule has 0 aliphatic carbocycles. The molecule has 0 fully saturated rings. The second kappa shape index (κ2) is 11.2. The van der Waals surface area contributed by atoms with Gasteiger partial charge in [-0.2, -0.15) is 10.5 Å². The second-order valence-corrected chi connectivity index (χ2v) is 9.62. The van der Waals surface area contributed by atoms with Crippen molar-refractivity contribution in [3.05, 3.63) is 77.2 Å². The van der Waals surface area contributed by atoms with Crippen LogP contribution in [-0.2, 0) is 0 Å². The molecule has 0 atom stereocenters. The number of benzene rings is 2. The van der Waals surface area contributed by atoms with E-state index < -0.39 is 0 Å². The van der Waals surface area contributed by atoms with Crippen LogP contribution in [-0.4, -0.2) is 0 Å². The zero-order valence-corrected chi connectivity index (χ0v) is 20.3. The normalized spacial score (nSPS) is 9.81. The van der Waals surface area contributed by atoms with Crippen molar-refractivity contribution in [1.82, 2.24) is 0 Å². The first-order valence-corrected chi connectivity index (χ1v) is 10.4. The molecule has 0 spiro atoms. The van der Waals surface area contributed by atoms with Crippen LogP contribution in [0, 0.1) is 50.4 Å². The molecule has 5 heteroatoms. The lowest BCUT2D eigenvalue weighted by Crippen LogP contribution is -1.88. The molecule has 0 saturated heterocycles. The third kappa shape index (κ3) is 7.46. The molecule has 2 aromatic rings. The van der Waals surface area contributed by atoms with Crippen molar-refractivity contribution >= 4 is 59.9 Å². The Balaban J connectivity index is 0.000000271. The van der Waals surface area contributed by atoms with Gasteiger partial charge in [-0.1, -0.05) is 28.1 Å². The highest BCUT2D eigenvalue weighted by molar-refractivity contribution is 9.28.